The van der Waals surface area contributed by atoms with Crippen molar-refractivity contribution < 1.29 is 76.2 Å². The smallest absolute Gasteiger partial charge is 0.421 e. The number of rotatable bonds is 27. The van der Waals surface area contributed by atoms with E-state index in [0.717, 1.165) is 29.6 Å². The number of carbonyl (C=O) groups is 6. The number of hydrogen-bond acceptors (Lipinski definition) is 15. The summed E-state index contributed by atoms with van der Waals surface area (Å²) in [6, 6.07) is -1.13. The summed E-state index contributed by atoms with van der Waals surface area (Å²) in [4.78, 5) is 78.7. The zero-order chi connectivity index (χ0) is 55.0. The molecule has 2 aliphatic heterocycles. The van der Waals surface area contributed by atoms with Gasteiger partial charge in [0.15, 0.2) is 5.78 Å². The molecule has 19 heteroatoms. The van der Waals surface area contributed by atoms with Crippen LogP contribution in [0.4, 0.5) is 4.79 Å². The van der Waals surface area contributed by atoms with E-state index in [2.05, 4.69) is 6.92 Å². The number of likely N-dealkylation sites (tertiary alicyclic amines) is 1. The lowest BCUT2D eigenvalue weighted by molar-refractivity contribution is -0.265. The molecule has 0 unspecified atom stereocenters. The number of ketones is 3. The van der Waals surface area contributed by atoms with Gasteiger partial charge in [0, 0.05) is 58.5 Å². The molecule has 1 aliphatic carbocycles. The maximum Gasteiger partial charge on any atom is 0.421 e. The fraction of sp³-hybridized carbons (Fsp3) is 0.741. The Balaban J connectivity index is 1.49. The topological polar surface area (TPSA) is 259 Å². The third-order valence-corrected chi connectivity index (χ3v) is 15.7. The minimum atomic E-state index is -3.75. The number of Topliss-reactive ketones (excluding diaryl/α,β-unsaturated/α-hetero) is 3. The van der Waals surface area contributed by atoms with Crippen LogP contribution in [0.25, 0.3) is 0 Å². The normalized spacial score (nSPS) is 27.8. The number of carboxylic acid groups (broad SMARTS) is 1. The number of nitrogens with zero attached hydrogens (tertiary/aromatic N) is 1. The molecule has 2 amide bonds. The maximum atomic E-state index is 13.6. The van der Waals surface area contributed by atoms with E-state index in [0.29, 0.717) is 63.4 Å². The van der Waals surface area contributed by atoms with Gasteiger partial charge in [-0.2, -0.15) is 0 Å². The van der Waals surface area contributed by atoms with E-state index in [1.54, 1.807) is 40.9 Å². The van der Waals surface area contributed by atoms with Crippen LogP contribution in [0.5, 0.6) is 0 Å². The van der Waals surface area contributed by atoms with E-state index in [1.165, 1.54) is 14.2 Å². The van der Waals surface area contributed by atoms with Crippen molar-refractivity contribution in [2.75, 3.05) is 34.1 Å². The molecule has 0 radical (unpaired) electrons. The predicted molar refractivity (Wildman–Crippen MR) is 274 cm³/mol. The fourth-order valence-electron chi connectivity index (χ4n) is 10.4. The van der Waals surface area contributed by atoms with Gasteiger partial charge >= 0.3 is 12.1 Å². The van der Waals surface area contributed by atoms with E-state index in [4.69, 9.17) is 23.7 Å². The average molecular weight is 1050 g/mol. The lowest BCUT2D eigenvalue weighted by atomic mass is 9.76. The van der Waals surface area contributed by atoms with Gasteiger partial charge in [0.2, 0.25) is 15.8 Å². The Morgan fingerprint density at radius 1 is 0.863 bits per heavy atom. The zero-order valence-electron chi connectivity index (χ0n) is 45.2. The Labute approximate surface area is 433 Å². The summed E-state index contributed by atoms with van der Waals surface area (Å²) in [6.07, 6.45) is 12.8. The number of allylic oxidation sites excluding steroid dienone is 6. The quantitative estimate of drug-likeness (QED) is 0.0380. The van der Waals surface area contributed by atoms with Crippen LogP contribution in [0.1, 0.15) is 132 Å². The highest BCUT2D eigenvalue weighted by molar-refractivity contribution is 7.89. The molecule has 4 N–H and O–H groups in total. The lowest BCUT2D eigenvalue weighted by Crippen LogP contribution is -2.60. The summed E-state index contributed by atoms with van der Waals surface area (Å²) < 4.78 is 52.9. The molecule has 1 saturated carbocycles. The number of nitrogens with one attached hydrogen (secondary N) is 1. The first-order valence-corrected chi connectivity index (χ1v) is 27.8. The molecule has 0 aromatic carbocycles. The van der Waals surface area contributed by atoms with Crippen LogP contribution < -0.4 is 4.72 Å². The highest BCUT2D eigenvalue weighted by Gasteiger charge is 2.53. The standard InChI is InChI=1S/C54H86N2O16S/c1-32(18-14-13-15-19-33(2)45(68-9)31-41-23-21-39(8)54(65,72-41)50(60)51(61)56-25-17-16-20-42(56)52(62)63)26-37(6)47(58)49(70-11)48(59)38(7)27-36(5)43(57)29-35(4)34(3)28-40-22-24-44(46(30-40)69-10)71-53(64)55-73(12,66)67/h13-15,18-19,27,32,34-37,39-42,44-46,48-49,59,65H,16-17,20-26,28-31H2,1-12H3,(H,55,64)(H,62,63)/b15-13+,18-14+,33-19+,38-27+/t32-,34-,35+,36-,37-,39-,40+,41+,42+,44-,45+,46-,48-,49+,54-/m1/s1. The summed E-state index contributed by atoms with van der Waals surface area (Å²) >= 11 is 0. The molecular formula is C54H86N2O16S. The van der Waals surface area contributed by atoms with E-state index in [9.17, 15) is 52.5 Å². The summed E-state index contributed by atoms with van der Waals surface area (Å²) in [5.74, 6) is -7.17. The highest BCUT2D eigenvalue weighted by Crippen LogP contribution is 2.38. The van der Waals surface area contributed by atoms with Gasteiger partial charge in [0.05, 0.1) is 24.6 Å². The number of sulfonamides is 1. The molecule has 0 spiro atoms. The van der Waals surface area contributed by atoms with Gasteiger partial charge in [-0.05, 0) is 113 Å². The number of aliphatic carboxylic acids is 1. The second-order valence-electron chi connectivity index (χ2n) is 21.2. The Morgan fingerprint density at radius 3 is 2.16 bits per heavy atom. The SMILES string of the molecule is CO[C@@H](C[C@@H]1CC[C@@H](C)[C@](O)(C(=O)C(=O)N2CCCC[C@H]2C(=O)O)O1)/C(C)=C/C=C/C=C/[C@@H](C)C[C@@H](C)C(=O)[C@H](OC)[C@H](O)/C(C)=C/[C@@H](C)C(=O)C[C@H](C)[C@H](C)C[C@@H]1CC[C@@H](OC(=O)NS(C)(=O)=O)[C@H](OC)C1. The third kappa shape index (κ3) is 18.9. The number of piperidine rings is 1. The number of aliphatic hydroxyl groups is 2. The van der Waals surface area contributed by atoms with Gasteiger partial charge in [-0.15, -0.1) is 0 Å². The van der Waals surface area contributed by atoms with Crippen LogP contribution in [0.15, 0.2) is 47.6 Å². The number of hydrogen-bond donors (Lipinski definition) is 4. The highest BCUT2D eigenvalue weighted by atomic mass is 32.2. The summed E-state index contributed by atoms with van der Waals surface area (Å²) in [5, 5.41) is 32.5. The van der Waals surface area contributed by atoms with Crippen molar-refractivity contribution in [1.29, 1.82) is 0 Å². The van der Waals surface area contributed by atoms with Crippen molar-refractivity contribution in [1.82, 2.24) is 9.62 Å². The number of aliphatic hydroxyl groups excluding tert-OH is 1. The number of carboxylic acids is 1. The summed E-state index contributed by atoms with van der Waals surface area (Å²) in [6.45, 7) is 15.0. The largest absolute Gasteiger partial charge is 0.480 e. The van der Waals surface area contributed by atoms with Gasteiger partial charge in [0.1, 0.15) is 30.1 Å². The predicted octanol–water partition coefficient (Wildman–Crippen LogP) is 6.67. The van der Waals surface area contributed by atoms with Crippen molar-refractivity contribution in [3.8, 4) is 0 Å². The van der Waals surface area contributed by atoms with E-state index < -0.39 is 93.9 Å². The van der Waals surface area contributed by atoms with Gasteiger partial charge in [-0.3, -0.25) is 19.2 Å². The first kappa shape index (κ1) is 63.2. The van der Waals surface area contributed by atoms with Crippen molar-refractivity contribution in [3.05, 3.63) is 47.6 Å². The average Bonchev–Trinajstić information content (AvgIpc) is 3.33. The Hall–Kier alpha value is -4.11. The van der Waals surface area contributed by atoms with Crippen molar-refractivity contribution in [2.24, 2.45) is 41.4 Å². The number of ether oxygens (including phenoxy) is 5. The monoisotopic (exact) mass is 1050 g/mol. The first-order valence-electron chi connectivity index (χ1n) is 25.9. The first-order chi connectivity index (χ1) is 34.2. The van der Waals surface area contributed by atoms with Crippen LogP contribution in [0.3, 0.4) is 0 Å². The fourth-order valence-corrected chi connectivity index (χ4v) is 10.7. The number of amides is 2. The number of carbonyl (C=O) groups excluding carboxylic acids is 5. The number of methoxy groups -OCH3 is 3. The maximum absolute atomic E-state index is 13.6. The summed E-state index contributed by atoms with van der Waals surface area (Å²) in [7, 11) is 0.714. The molecule has 2 saturated heterocycles. The van der Waals surface area contributed by atoms with Crippen LogP contribution in [-0.2, 0) is 57.7 Å². The molecule has 0 aromatic heterocycles. The Bertz CT molecular complexity index is 2120. The minimum absolute atomic E-state index is 0.00906. The van der Waals surface area contributed by atoms with E-state index in [-0.39, 0.29) is 54.3 Å². The van der Waals surface area contributed by atoms with Crippen LogP contribution in [-0.4, -0.2) is 147 Å². The Morgan fingerprint density at radius 2 is 1.55 bits per heavy atom. The van der Waals surface area contributed by atoms with Gasteiger partial charge in [0.25, 0.3) is 11.7 Å². The molecule has 3 rings (SSSR count). The second-order valence-corrected chi connectivity index (χ2v) is 22.9. The van der Waals surface area contributed by atoms with Crippen LogP contribution in [0, 0.1) is 41.4 Å². The molecule has 15 atom stereocenters. The van der Waals surface area contributed by atoms with Crippen LogP contribution in [0.2, 0.25) is 0 Å². The molecule has 2 heterocycles. The lowest BCUT2D eigenvalue weighted by Gasteiger charge is -2.42. The van der Waals surface area contributed by atoms with E-state index in [1.807, 2.05) is 55.9 Å². The van der Waals surface area contributed by atoms with Crippen molar-refractivity contribution in [3.63, 3.8) is 0 Å². The molecule has 73 heavy (non-hydrogen) atoms. The van der Waals surface area contributed by atoms with Crippen molar-refractivity contribution in [2.45, 2.75) is 181 Å². The molecule has 3 aliphatic rings. The minimum Gasteiger partial charge on any atom is -0.480 e. The van der Waals surface area contributed by atoms with E-state index >= 15 is 0 Å². The molecule has 3 fully saturated rings. The zero-order valence-corrected chi connectivity index (χ0v) is 46.1. The summed E-state index contributed by atoms with van der Waals surface area (Å²) in [5.41, 5.74) is 1.32. The van der Waals surface area contributed by atoms with Gasteiger partial charge in [-0.1, -0.05) is 78.0 Å². The third-order valence-electron chi connectivity index (χ3n) is 15.2. The molecular weight excluding hydrogens is 965 g/mol. The van der Waals surface area contributed by atoms with Crippen molar-refractivity contribution >= 4 is 45.3 Å². The molecule has 414 valence electrons. The molecule has 18 nitrogen and oxygen atoms in total. The Kier molecular flexibility index (Phi) is 25.3. The molecule has 0 aromatic rings. The van der Waals surface area contributed by atoms with Crippen LogP contribution >= 0.6 is 0 Å². The second kappa shape index (κ2) is 29.3. The molecule has 0 bridgehead atoms. The van der Waals surface area contributed by atoms with Gasteiger partial charge < -0.3 is 43.9 Å². The van der Waals surface area contributed by atoms with Gasteiger partial charge in [-0.25, -0.2) is 22.7 Å².